The minimum absolute atomic E-state index is 0.485. The largest absolute Gasteiger partial charge is 0.330 e. The molecule has 4 nitrogen and oxygen atoms in total. The third kappa shape index (κ3) is 1.64. The van der Waals surface area contributed by atoms with E-state index < -0.39 is 0 Å². The Hall–Kier alpha value is -1.68. The molecule has 0 aliphatic heterocycles. The zero-order valence-corrected chi connectivity index (χ0v) is 8.60. The second-order valence-corrected chi connectivity index (χ2v) is 3.53. The Morgan fingerprint density at radius 1 is 1.53 bits per heavy atom. The van der Waals surface area contributed by atoms with E-state index >= 15 is 0 Å². The zero-order chi connectivity index (χ0) is 10.8. The normalized spacial score (nSPS) is 10.8. The topological polar surface area (TPSA) is 60.4 Å². The van der Waals surface area contributed by atoms with Gasteiger partial charge in [-0.3, -0.25) is 4.79 Å². The summed E-state index contributed by atoms with van der Waals surface area (Å²) in [6.45, 7) is 2.54. The van der Waals surface area contributed by atoms with Crippen LogP contribution in [-0.4, -0.2) is 22.2 Å². The fourth-order valence-corrected chi connectivity index (χ4v) is 1.67. The quantitative estimate of drug-likeness (QED) is 0.756. The Morgan fingerprint density at radius 3 is 3.00 bits per heavy atom. The summed E-state index contributed by atoms with van der Waals surface area (Å²) in [6, 6.07) is 3.88. The lowest BCUT2D eigenvalue weighted by molar-refractivity contribution is 0.112. The minimum atomic E-state index is 0.485. The highest BCUT2D eigenvalue weighted by atomic mass is 16.1. The van der Waals surface area contributed by atoms with Crippen LogP contribution in [0.25, 0.3) is 5.52 Å². The fraction of sp³-hybridized carbons (Fsp3) is 0.273. The van der Waals surface area contributed by atoms with Crippen LogP contribution in [0.1, 0.15) is 21.9 Å². The van der Waals surface area contributed by atoms with Crippen molar-refractivity contribution in [3.63, 3.8) is 0 Å². The average Bonchev–Trinajstić information content (AvgIpc) is 2.57. The van der Waals surface area contributed by atoms with Crippen LogP contribution in [0.2, 0.25) is 0 Å². The first-order valence-electron chi connectivity index (χ1n) is 4.89. The highest BCUT2D eigenvalue weighted by Gasteiger charge is 2.09. The Balaban J connectivity index is 2.69. The average molecular weight is 203 g/mol. The molecule has 0 amide bonds. The summed E-state index contributed by atoms with van der Waals surface area (Å²) < 4.78 is 1.94. The molecule has 0 bridgehead atoms. The summed E-state index contributed by atoms with van der Waals surface area (Å²) >= 11 is 0. The second kappa shape index (κ2) is 3.82. The molecule has 2 aromatic rings. The number of carbonyl (C=O) groups excluding carboxylic acids is 1. The molecule has 78 valence electrons. The molecule has 2 aromatic heterocycles. The molecule has 4 heteroatoms. The predicted octanol–water partition coefficient (Wildman–Crippen LogP) is 0.956. The maximum absolute atomic E-state index is 10.8. The van der Waals surface area contributed by atoms with Gasteiger partial charge in [0.25, 0.3) is 0 Å². The Labute approximate surface area is 87.7 Å². The number of fused-ring (bicyclic) bond motifs is 1. The summed E-state index contributed by atoms with van der Waals surface area (Å²) in [6.07, 6.45) is 3.43. The van der Waals surface area contributed by atoms with Gasteiger partial charge in [0.15, 0.2) is 6.29 Å². The van der Waals surface area contributed by atoms with E-state index in [1.54, 1.807) is 0 Å². The van der Waals surface area contributed by atoms with E-state index in [9.17, 15) is 4.79 Å². The molecule has 2 N–H and O–H groups in total. The zero-order valence-electron chi connectivity index (χ0n) is 8.60. The Kier molecular flexibility index (Phi) is 2.51. The standard InChI is InChI=1S/C11H13N3O/c1-8-2-3-10-9(7-15)13-11(4-5-12)14(10)6-8/h2-3,6-7H,4-5,12H2,1H3. The molecule has 0 aromatic carbocycles. The minimum Gasteiger partial charge on any atom is -0.330 e. The van der Waals surface area contributed by atoms with Crippen molar-refractivity contribution >= 4 is 11.8 Å². The van der Waals surface area contributed by atoms with Gasteiger partial charge in [-0.2, -0.15) is 0 Å². The molecule has 2 heterocycles. The van der Waals surface area contributed by atoms with Crippen LogP contribution in [0.15, 0.2) is 18.3 Å². The van der Waals surface area contributed by atoms with Crippen LogP contribution >= 0.6 is 0 Å². The number of hydrogen-bond acceptors (Lipinski definition) is 3. The van der Waals surface area contributed by atoms with Crippen LogP contribution in [0.4, 0.5) is 0 Å². The number of imidazole rings is 1. The SMILES string of the molecule is Cc1ccc2c(C=O)nc(CCN)n2c1. The summed E-state index contributed by atoms with van der Waals surface area (Å²) in [5, 5.41) is 0. The molecule has 0 aliphatic carbocycles. The molecule has 0 unspecified atom stereocenters. The third-order valence-electron chi connectivity index (χ3n) is 2.37. The molecule has 0 aliphatic rings. The lowest BCUT2D eigenvalue weighted by atomic mass is 10.3. The molecule has 0 spiro atoms. The van der Waals surface area contributed by atoms with E-state index in [-0.39, 0.29) is 0 Å². The number of aromatic nitrogens is 2. The Bertz CT molecular complexity index is 502. The highest BCUT2D eigenvalue weighted by Crippen LogP contribution is 2.13. The molecule has 0 radical (unpaired) electrons. The predicted molar refractivity (Wildman–Crippen MR) is 58.1 cm³/mol. The van der Waals surface area contributed by atoms with Gasteiger partial charge in [0.1, 0.15) is 11.5 Å². The third-order valence-corrected chi connectivity index (χ3v) is 2.37. The number of nitrogens with two attached hydrogens (primary N) is 1. The number of hydrogen-bond donors (Lipinski definition) is 1. The number of carbonyl (C=O) groups is 1. The maximum Gasteiger partial charge on any atom is 0.170 e. The van der Waals surface area contributed by atoms with Crippen molar-refractivity contribution in [3.8, 4) is 0 Å². The highest BCUT2D eigenvalue weighted by molar-refractivity contribution is 5.83. The fourth-order valence-electron chi connectivity index (χ4n) is 1.67. The number of nitrogens with zero attached hydrogens (tertiary/aromatic N) is 2. The van der Waals surface area contributed by atoms with Gasteiger partial charge in [0.05, 0.1) is 5.52 Å². The molecule has 15 heavy (non-hydrogen) atoms. The van der Waals surface area contributed by atoms with Gasteiger partial charge in [0.2, 0.25) is 0 Å². The van der Waals surface area contributed by atoms with Gasteiger partial charge < -0.3 is 10.1 Å². The van der Waals surface area contributed by atoms with Gasteiger partial charge in [0, 0.05) is 12.6 Å². The molecule has 0 saturated heterocycles. The van der Waals surface area contributed by atoms with E-state index in [2.05, 4.69) is 4.98 Å². The summed E-state index contributed by atoms with van der Waals surface area (Å²) in [7, 11) is 0. The van der Waals surface area contributed by atoms with E-state index in [1.165, 1.54) is 0 Å². The van der Waals surface area contributed by atoms with E-state index in [0.29, 0.717) is 18.7 Å². The molecular weight excluding hydrogens is 190 g/mol. The van der Waals surface area contributed by atoms with Crippen LogP contribution in [0.5, 0.6) is 0 Å². The van der Waals surface area contributed by atoms with Gasteiger partial charge in [-0.05, 0) is 25.1 Å². The van der Waals surface area contributed by atoms with Crippen molar-refractivity contribution < 1.29 is 4.79 Å². The van der Waals surface area contributed by atoms with Crippen molar-refractivity contribution in [2.75, 3.05) is 6.54 Å². The summed E-state index contributed by atoms with van der Waals surface area (Å²) in [5.74, 6) is 0.846. The maximum atomic E-state index is 10.8. The van der Waals surface area contributed by atoms with Gasteiger partial charge >= 0.3 is 0 Å². The molecule has 0 saturated carbocycles. The van der Waals surface area contributed by atoms with Crippen molar-refractivity contribution in [1.29, 1.82) is 0 Å². The summed E-state index contributed by atoms with van der Waals surface area (Å²) in [5.41, 5.74) is 7.96. The van der Waals surface area contributed by atoms with Crippen molar-refractivity contribution in [2.45, 2.75) is 13.3 Å². The van der Waals surface area contributed by atoms with E-state index in [1.807, 2.05) is 29.7 Å². The van der Waals surface area contributed by atoms with E-state index in [4.69, 9.17) is 5.73 Å². The Morgan fingerprint density at radius 2 is 2.33 bits per heavy atom. The first-order chi connectivity index (χ1) is 7.26. The number of aryl methyl sites for hydroxylation is 1. The number of aldehydes is 1. The summed E-state index contributed by atoms with van der Waals surface area (Å²) in [4.78, 5) is 15.1. The monoisotopic (exact) mass is 203 g/mol. The van der Waals surface area contributed by atoms with Crippen molar-refractivity contribution in [3.05, 3.63) is 35.4 Å². The second-order valence-electron chi connectivity index (χ2n) is 3.53. The first kappa shape index (κ1) is 9.86. The lowest BCUT2D eigenvalue weighted by Gasteiger charge is -2.00. The lowest BCUT2D eigenvalue weighted by Crippen LogP contribution is -2.06. The van der Waals surface area contributed by atoms with Crippen molar-refractivity contribution in [1.82, 2.24) is 9.38 Å². The van der Waals surface area contributed by atoms with Crippen LogP contribution in [0, 0.1) is 6.92 Å². The first-order valence-corrected chi connectivity index (χ1v) is 4.89. The molecule has 0 atom stereocenters. The molecule has 2 rings (SSSR count). The number of pyridine rings is 1. The van der Waals surface area contributed by atoms with Crippen LogP contribution in [-0.2, 0) is 6.42 Å². The molecular formula is C11H13N3O. The van der Waals surface area contributed by atoms with Crippen LogP contribution < -0.4 is 5.73 Å². The van der Waals surface area contributed by atoms with Gasteiger partial charge in [-0.1, -0.05) is 6.07 Å². The molecule has 0 fully saturated rings. The van der Waals surface area contributed by atoms with Gasteiger partial charge in [-0.25, -0.2) is 4.98 Å². The number of rotatable bonds is 3. The van der Waals surface area contributed by atoms with Crippen LogP contribution in [0.3, 0.4) is 0 Å². The van der Waals surface area contributed by atoms with E-state index in [0.717, 1.165) is 23.2 Å². The smallest absolute Gasteiger partial charge is 0.170 e. The van der Waals surface area contributed by atoms with Crippen molar-refractivity contribution in [2.24, 2.45) is 5.73 Å². The van der Waals surface area contributed by atoms with Gasteiger partial charge in [-0.15, -0.1) is 0 Å².